The highest BCUT2D eigenvalue weighted by atomic mass is 16.2. The van der Waals surface area contributed by atoms with E-state index in [1.807, 2.05) is 32.6 Å². The zero-order chi connectivity index (χ0) is 15.1. The Labute approximate surface area is 119 Å². The molecule has 7 nitrogen and oxygen atoms in total. The minimum Gasteiger partial charge on any atom is -0.355 e. The molecule has 20 heavy (non-hydrogen) atoms. The number of likely N-dealkylation sites (N-methyl/N-ethyl adjacent to an activating group) is 2. The molecule has 0 aliphatic carbocycles. The van der Waals surface area contributed by atoms with Gasteiger partial charge in [0.15, 0.2) is 0 Å². The first-order valence-corrected chi connectivity index (χ1v) is 6.93. The van der Waals surface area contributed by atoms with Crippen molar-refractivity contribution in [2.75, 3.05) is 30.0 Å². The molecule has 0 atom stereocenters. The molecule has 0 saturated carbocycles. The number of carbonyl (C=O) groups excluding carboxylic acids is 1. The normalized spacial score (nSPS) is 10.2. The number of amides is 1. The van der Waals surface area contributed by atoms with Crippen LogP contribution in [-0.4, -0.2) is 35.5 Å². The first-order chi connectivity index (χ1) is 9.57. The number of anilines is 2. The maximum absolute atomic E-state index is 11.8. The summed E-state index contributed by atoms with van der Waals surface area (Å²) in [6, 6.07) is 0. The van der Waals surface area contributed by atoms with Crippen molar-refractivity contribution in [3.8, 4) is 0 Å². The Kier molecular flexibility index (Phi) is 6.17. The van der Waals surface area contributed by atoms with E-state index in [-0.39, 0.29) is 12.5 Å². The van der Waals surface area contributed by atoms with Gasteiger partial charge in [-0.2, -0.15) is 0 Å². The number of carbonyl (C=O) groups is 1. The molecule has 1 heterocycles. The van der Waals surface area contributed by atoms with Crippen molar-refractivity contribution < 1.29 is 4.79 Å². The summed E-state index contributed by atoms with van der Waals surface area (Å²) in [5.41, 5.74) is 3.43. The standard InChI is InChI=1S/C13H24N6O/c1-5-10-16-12(18-14)9(4)13(17-10)19(7-3)8-11(20)15-6-2/h5-8,14H2,1-4H3,(H,15,20)(H,16,17,18). The van der Waals surface area contributed by atoms with E-state index in [1.54, 1.807) is 0 Å². The maximum Gasteiger partial charge on any atom is 0.239 e. The van der Waals surface area contributed by atoms with Crippen LogP contribution in [0.25, 0.3) is 0 Å². The number of nitrogens with one attached hydrogen (secondary N) is 2. The van der Waals surface area contributed by atoms with E-state index < -0.39 is 0 Å². The van der Waals surface area contributed by atoms with Gasteiger partial charge in [0, 0.05) is 25.1 Å². The molecule has 0 saturated heterocycles. The first kappa shape index (κ1) is 16.2. The van der Waals surface area contributed by atoms with Crippen LogP contribution in [0.15, 0.2) is 0 Å². The van der Waals surface area contributed by atoms with Gasteiger partial charge in [-0.1, -0.05) is 6.92 Å². The largest absolute Gasteiger partial charge is 0.355 e. The molecule has 0 radical (unpaired) electrons. The number of aryl methyl sites for hydroxylation is 1. The van der Waals surface area contributed by atoms with Crippen LogP contribution in [-0.2, 0) is 11.2 Å². The van der Waals surface area contributed by atoms with Gasteiger partial charge in [-0.25, -0.2) is 15.8 Å². The van der Waals surface area contributed by atoms with Crippen LogP contribution in [0.1, 0.15) is 32.2 Å². The third-order valence-electron chi connectivity index (χ3n) is 3.01. The second-order valence-corrected chi connectivity index (χ2v) is 4.40. The zero-order valence-electron chi connectivity index (χ0n) is 12.7. The Morgan fingerprint density at radius 1 is 1.30 bits per heavy atom. The fourth-order valence-corrected chi connectivity index (χ4v) is 1.92. The number of nitrogens with two attached hydrogens (primary N) is 1. The third-order valence-corrected chi connectivity index (χ3v) is 3.01. The molecular formula is C13H24N6O. The molecule has 1 rings (SSSR count). The Bertz CT molecular complexity index is 462. The predicted octanol–water partition coefficient (Wildman–Crippen LogP) is 0.595. The number of hydrazine groups is 1. The smallest absolute Gasteiger partial charge is 0.239 e. The Morgan fingerprint density at radius 3 is 2.50 bits per heavy atom. The minimum absolute atomic E-state index is 0.0207. The second kappa shape index (κ2) is 7.64. The Balaban J connectivity index is 3.10. The molecule has 0 aliphatic rings. The molecule has 0 aliphatic heterocycles. The molecule has 7 heteroatoms. The van der Waals surface area contributed by atoms with Crippen molar-refractivity contribution in [3.63, 3.8) is 0 Å². The summed E-state index contributed by atoms with van der Waals surface area (Å²) >= 11 is 0. The SMILES string of the molecule is CCNC(=O)CN(CC)c1nc(CC)nc(NN)c1C. The quantitative estimate of drug-likeness (QED) is 0.500. The number of nitrogens with zero attached hydrogens (tertiary/aromatic N) is 3. The lowest BCUT2D eigenvalue weighted by Gasteiger charge is -2.24. The molecule has 1 aromatic heterocycles. The van der Waals surface area contributed by atoms with E-state index in [9.17, 15) is 4.79 Å². The molecular weight excluding hydrogens is 256 g/mol. The molecule has 1 amide bonds. The lowest BCUT2D eigenvalue weighted by atomic mass is 10.2. The van der Waals surface area contributed by atoms with Gasteiger partial charge in [0.25, 0.3) is 0 Å². The van der Waals surface area contributed by atoms with Crippen molar-refractivity contribution >= 4 is 17.5 Å². The molecule has 0 bridgehead atoms. The average molecular weight is 280 g/mol. The van der Waals surface area contributed by atoms with Crippen molar-refractivity contribution in [3.05, 3.63) is 11.4 Å². The summed E-state index contributed by atoms with van der Waals surface area (Å²) in [6.45, 7) is 9.34. The van der Waals surface area contributed by atoms with Gasteiger partial charge < -0.3 is 15.6 Å². The summed E-state index contributed by atoms with van der Waals surface area (Å²) in [5.74, 6) is 7.52. The average Bonchev–Trinajstić information content (AvgIpc) is 2.45. The van der Waals surface area contributed by atoms with Crippen molar-refractivity contribution in [1.82, 2.24) is 15.3 Å². The summed E-state index contributed by atoms with van der Waals surface area (Å²) in [5, 5.41) is 2.79. The molecule has 0 aromatic carbocycles. The first-order valence-electron chi connectivity index (χ1n) is 6.93. The lowest BCUT2D eigenvalue weighted by molar-refractivity contribution is -0.119. The highest BCUT2D eigenvalue weighted by molar-refractivity contribution is 5.81. The van der Waals surface area contributed by atoms with Gasteiger partial charge in [-0.3, -0.25) is 4.79 Å². The van der Waals surface area contributed by atoms with Crippen LogP contribution in [0, 0.1) is 6.92 Å². The fourth-order valence-electron chi connectivity index (χ4n) is 1.92. The van der Waals surface area contributed by atoms with Gasteiger partial charge >= 0.3 is 0 Å². The molecule has 0 fully saturated rings. The van der Waals surface area contributed by atoms with Crippen LogP contribution in [0.2, 0.25) is 0 Å². The second-order valence-electron chi connectivity index (χ2n) is 4.40. The molecule has 0 spiro atoms. The third kappa shape index (κ3) is 3.80. The van der Waals surface area contributed by atoms with E-state index in [0.29, 0.717) is 31.2 Å². The van der Waals surface area contributed by atoms with Crippen LogP contribution < -0.4 is 21.5 Å². The Morgan fingerprint density at radius 2 is 2.00 bits per heavy atom. The maximum atomic E-state index is 11.8. The summed E-state index contributed by atoms with van der Waals surface area (Å²) < 4.78 is 0. The Hall–Kier alpha value is -1.89. The van der Waals surface area contributed by atoms with Gasteiger partial charge in [0.1, 0.15) is 17.5 Å². The number of rotatable bonds is 7. The topological polar surface area (TPSA) is 96.2 Å². The van der Waals surface area contributed by atoms with Crippen molar-refractivity contribution in [1.29, 1.82) is 0 Å². The van der Waals surface area contributed by atoms with E-state index >= 15 is 0 Å². The van der Waals surface area contributed by atoms with Crippen LogP contribution in [0.4, 0.5) is 11.6 Å². The molecule has 1 aromatic rings. The van der Waals surface area contributed by atoms with E-state index in [4.69, 9.17) is 5.84 Å². The minimum atomic E-state index is -0.0207. The zero-order valence-corrected chi connectivity index (χ0v) is 12.7. The van der Waals surface area contributed by atoms with Gasteiger partial charge in [0.05, 0.1) is 6.54 Å². The fraction of sp³-hybridized carbons (Fsp3) is 0.615. The predicted molar refractivity (Wildman–Crippen MR) is 80.5 cm³/mol. The monoisotopic (exact) mass is 280 g/mol. The van der Waals surface area contributed by atoms with Crippen LogP contribution >= 0.6 is 0 Å². The van der Waals surface area contributed by atoms with E-state index in [1.165, 1.54) is 0 Å². The van der Waals surface area contributed by atoms with Crippen molar-refractivity contribution in [2.45, 2.75) is 34.1 Å². The van der Waals surface area contributed by atoms with Crippen LogP contribution in [0.3, 0.4) is 0 Å². The molecule has 4 N–H and O–H groups in total. The number of aromatic nitrogens is 2. The van der Waals surface area contributed by atoms with E-state index in [2.05, 4.69) is 20.7 Å². The summed E-state index contributed by atoms with van der Waals surface area (Å²) in [7, 11) is 0. The van der Waals surface area contributed by atoms with Crippen LogP contribution in [0.5, 0.6) is 0 Å². The summed E-state index contributed by atoms with van der Waals surface area (Å²) in [4.78, 5) is 22.5. The highest BCUT2D eigenvalue weighted by Gasteiger charge is 2.17. The number of hydrogen-bond donors (Lipinski definition) is 3. The highest BCUT2D eigenvalue weighted by Crippen LogP contribution is 2.23. The van der Waals surface area contributed by atoms with Crippen molar-refractivity contribution in [2.24, 2.45) is 5.84 Å². The van der Waals surface area contributed by atoms with Gasteiger partial charge in [-0.05, 0) is 20.8 Å². The van der Waals surface area contributed by atoms with E-state index in [0.717, 1.165) is 11.4 Å². The number of hydrogen-bond acceptors (Lipinski definition) is 6. The van der Waals surface area contributed by atoms with Gasteiger partial charge in [0.2, 0.25) is 5.91 Å². The summed E-state index contributed by atoms with van der Waals surface area (Å²) in [6.07, 6.45) is 0.709. The number of nitrogen functional groups attached to an aromatic ring is 1. The molecule has 112 valence electrons. The van der Waals surface area contributed by atoms with Gasteiger partial charge in [-0.15, -0.1) is 0 Å². The molecule has 0 unspecified atom stereocenters. The lowest BCUT2D eigenvalue weighted by Crippen LogP contribution is -2.38.